The zero-order chi connectivity index (χ0) is 14.0. The Hall–Kier alpha value is -1.91. The minimum Gasteiger partial charge on any atom is -0.481 e. The Bertz CT molecular complexity index is 501. The summed E-state index contributed by atoms with van der Waals surface area (Å²) in [7, 11) is 0. The molecule has 2 unspecified atom stereocenters. The van der Waals surface area contributed by atoms with Gasteiger partial charge in [0, 0.05) is 18.3 Å². The summed E-state index contributed by atoms with van der Waals surface area (Å²) in [6.07, 6.45) is 1.02. The second-order valence-electron chi connectivity index (χ2n) is 5.07. The average Bonchev–Trinajstić information content (AvgIpc) is 2.37. The summed E-state index contributed by atoms with van der Waals surface area (Å²) in [6.45, 7) is 4.21. The number of amides is 1. The van der Waals surface area contributed by atoms with Crippen LogP contribution in [-0.2, 0) is 4.79 Å². The van der Waals surface area contributed by atoms with Crippen molar-refractivity contribution >= 4 is 11.9 Å². The van der Waals surface area contributed by atoms with Gasteiger partial charge in [0.05, 0.1) is 5.92 Å². The number of pyridine rings is 1. The van der Waals surface area contributed by atoms with Crippen LogP contribution >= 0.6 is 0 Å². The third kappa shape index (κ3) is 2.92. The molecular formula is C14H18N2O3. The predicted molar refractivity (Wildman–Crippen MR) is 69.8 cm³/mol. The number of carbonyl (C=O) groups is 2. The molecule has 102 valence electrons. The van der Waals surface area contributed by atoms with Gasteiger partial charge in [-0.3, -0.25) is 9.59 Å². The molecule has 19 heavy (non-hydrogen) atoms. The van der Waals surface area contributed by atoms with Gasteiger partial charge in [-0.2, -0.15) is 0 Å². The number of carbonyl (C=O) groups excluding carboxylic acids is 1. The van der Waals surface area contributed by atoms with Gasteiger partial charge in [-0.15, -0.1) is 0 Å². The molecule has 0 aromatic carbocycles. The number of hydrogen-bond acceptors (Lipinski definition) is 3. The van der Waals surface area contributed by atoms with E-state index in [0.29, 0.717) is 25.1 Å². The van der Waals surface area contributed by atoms with Gasteiger partial charge in [-0.05, 0) is 38.8 Å². The molecular weight excluding hydrogens is 244 g/mol. The van der Waals surface area contributed by atoms with E-state index in [4.69, 9.17) is 5.11 Å². The molecule has 1 aromatic rings. The molecule has 1 N–H and O–H groups in total. The summed E-state index contributed by atoms with van der Waals surface area (Å²) < 4.78 is 0. The van der Waals surface area contributed by atoms with Crippen LogP contribution in [0.1, 0.15) is 35.9 Å². The normalized spacial score (nSPS) is 23.2. The monoisotopic (exact) mass is 262 g/mol. The van der Waals surface area contributed by atoms with Crippen LogP contribution in [0.2, 0.25) is 0 Å². The van der Waals surface area contributed by atoms with Crippen LogP contribution in [0.4, 0.5) is 0 Å². The number of aromatic nitrogens is 1. The molecule has 1 aliphatic heterocycles. The Morgan fingerprint density at radius 2 is 2.16 bits per heavy atom. The fourth-order valence-corrected chi connectivity index (χ4v) is 2.51. The molecule has 0 bridgehead atoms. The van der Waals surface area contributed by atoms with Crippen molar-refractivity contribution in [3.05, 3.63) is 29.6 Å². The van der Waals surface area contributed by atoms with Gasteiger partial charge in [0.25, 0.3) is 5.91 Å². The van der Waals surface area contributed by atoms with Crippen LogP contribution in [0.15, 0.2) is 18.2 Å². The number of carboxylic acid groups (broad SMARTS) is 1. The van der Waals surface area contributed by atoms with Crippen molar-refractivity contribution in [1.82, 2.24) is 9.88 Å². The lowest BCUT2D eigenvalue weighted by Crippen LogP contribution is -2.46. The second kappa shape index (κ2) is 5.38. The highest BCUT2D eigenvalue weighted by molar-refractivity contribution is 5.92. The first kappa shape index (κ1) is 13.5. The van der Waals surface area contributed by atoms with Gasteiger partial charge in [-0.25, -0.2) is 4.98 Å². The quantitative estimate of drug-likeness (QED) is 0.881. The molecule has 0 aliphatic carbocycles. The van der Waals surface area contributed by atoms with Crippen molar-refractivity contribution in [2.24, 2.45) is 5.92 Å². The van der Waals surface area contributed by atoms with Crippen molar-refractivity contribution in [3.8, 4) is 0 Å². The molecule has 0 saturated carbocycles. The van der Waals surface area contributed by atoms with Crippen LogP contribution in [0.25, 0.3) is 0 Å². The molecule has 2 rings (SSSR count). The van der Waals surface area contributed by atoms with E-state index in [1.165, 1.54) is 0 Å². The lowest BCUT2D eigenvalue weighted by atomic mass is 9.91. The summed E-state index contributed by atoms with van der Waals surface area (Å²) >= 11 is 0. The lowest BCUT2D eigenvalue weighted by molar-refractivity contribution is -0.143. The van der Waals surface area contributed by atoms with Crippen LogP contribution in [0.5, 0.6) is 0 Å². The maximum absolute atomic E-state index is 12.4. The maximum atomic E-state index is 12.4. The molecule has 0 spiro atoms. The average molecular weight is 262 g/mol. The van der Waals surface area contributed by atoms with E-state index in [-0.39, 0.29) is 17.9 Å². The first-order chi connectivity index (χ1) is 8.99. The first-order valence-electron chi connectivity index (χ1n) is 6.46. The van der Waals surface area contributed by atoms with E-state index in [2.05, 4.69) is 4.98 Å². The largest absolute Gasteiger partial charge is 0.481 e. The molecule has 1 saturated heterocycles. The highest BCUT2D eigenvalue weighted by Crippen LogP contribution is 2.24. The molecule has 2 heterocycles. The van der Waals surface area contributed by atoms with Gasteiger partial charge >= 0.3 is 5.97 Å². The third-order valence-corrected chi connectivity index (χ3v) is 3.59. The minimum atomic E-state index is -0.771. The highest BCUT2D eigenvalue weighted by Gasteiger charge is 2.32. The van der Waals surface area contributed by atoms with Crippen LogP contribution in [0.3, 0.4) is 0 Å². The van der Waals surface area contributed by atoms with E-state index >= 15 is 0 Å². The highest BCUT2D eigenvalue weighted by atomic mass is 16.4. The summed E-state index contributed by atoms with van der Waals surface area (Å²) in [6, 6.07) is 5.29. The van der Waals surface area contributed by atoms with Crippen molar-refractivity contribution in [2.45, 2.75) is 32.7 Å². The summed E-state index contributed by atoms with van der Waals surface area (Å²) in [5, 5.41) is 9.02. The number of nitrogens with zero attached hydrogens (tertiary/aromatic N) is 2. The molecule has 2 atom stereocenters. The maximum Gasteiger partial charge on any atom is 0.306 e. The van der Waals surface area contributed by atoms with E-state index in [0.717, 1.165) is 5.69 Å². The Morgan fingerprint density at radius 3 is 2.74 bits per heavy atom. The lowest BCUT2D eigenvalue weighted by Gasteiger charge is -2.36. The topological polar surface area (TPSA) is 70.5 Å². The predicted octanol–water partition coefficient (Wildman–Crippen LogP) is 1.72. The van der Waals surface area contributed by atoms with Gasteiger partial charge in [0.2, 0.25) is 0 Å². The second-order valence-corrected chi connectivity index (χ2v) is 5.07. The number of likely N-dealkylation sites (tertiary alicyclic amines) is 1. The number of rotatable bonds is 2. The van der Waals surface area contributed by atoms with E-state index in [9.17, 15) is 9.59 Å². The number of carboxylic acids is 1. The van der Waals surface area contributed by atoms with Crippen LogP contribution in [0, 0.1) is 12.8 Å². The van der Waals surface area contributed by atoms with Crippen LogP contribution in [-0.4, -0.2) is 39.5 Å². The summed E-state index contributed by atoms with van der Waals surface area (Å²) in [4.78, 5) is 29.3. The smallest absolute Gasteiger partial charge is 0.306 e. The Kier molecular flexibility index (Phi) is 3.83. The molecule has 1 fully saturated rings. The minimum absolute atomic E-state index is 0.0651. The Morgan fingerprint density at radius 1 is 1.42 bits per heavy atom. The fourth-order valence-electron chi connectivity index (χ4n) is 2.51. The van der Waals surface area contributed by atoms with E-state index < -0.39 is 5.97 Å². The SMILES string of the molecule is Cc1cccc(C(=O)N2CCC(C(=O)O)CC2C)n1. The van der Waals surface area contributed by atoms with Gasteiger partial charge in [0.1, 0.15) is 5.69 Å². The molecule has 1 aliphatic rings. The van der Waals surface area contributed by atoms with Crippen LogP contribution < -0.4 is 0 Å². The van der Waals surface area contributed by atoms with Gasteiger partial charge in [0.15, 0.2) is 0 Å². The number of hydrogen-bond donors (Lipinski definition) is 1. The van der Waals surface area contributed by atoms with Gasteiger partial charge in [-0.1, -0.05) is 6.07 Å². The zero-order valence-corrected chi connectivity index (χ0v) is 11.2. The molecule has 1 aromatic heterocycles. The summed E-state index contributed by atoms with van der Waals surface area (Å²) in [5.41, 5.74) is 1.24. The molecule has 5 nitrogen and oxygen atoms in total. The number of aryl methyl sites for hydroxylation is 1. The number of piperidine rings is 1. The Labute approximate surface area is 112 Å². The number of aliphatic carboxylic acids is 1. The summed E-state index contributed by atoms with van der Waals surface area (Å²) in [5.74, 6) is -1.22. The van der Waals surface area contributed by atoms with E-state index in [1.807, 2.05) is 26.0 Å². The van der Waals surface area contributed by atoms with Crippen molar-refractivity contribution in [1.29, 1.82) is 0 Å². The molecule has 0 radical (unpaired) electrons. The van der Waals surface area contributed by atoms with E-state index in [1.54, 1.807) is 11.0 Å². The fraction of sp³-hybridized carbons (Fsp3) is 0.500. The zero-order valence-electron chi connectivity index (χ0n) is 11.2. The van der Waals surface area contributed by atoms with Gasteiger partial charge < -0.3 is 10.0 Å². The van der Waals surface area contributed by atoms with Crippen molar-refractivity contribution in [3.63, 3.8) is 0 Å². The van der Waals surface area contributed by atoms with Crippen molar-refractivity contribution < 1.29 is 14.7 Å². The molecule has 5 heteroatoms. The third-order valence-electron chi connectivity index (χ3n) is 3.59. The molecule has 1 amide bonds. The van der Waals surface area contributed by atoms with Crippen molar-refractivity contribution in [2.75, 3.05) is 6.54 Å². The standard InChI is InChI=1S/C14H18N2O3/c1-9-4-3-5-12(15-9)13(17)16-7-6-11(14(18)19)8-10(16)2/h3-5,10-11H,6-8H2,1-2H3,(H,18,19). The first-order valence-corrected chi connectivity index (χ1v) is 6.46. The Balaban J connectivity index is 2.11.